The highest BCUT2D eigenvalue weighted by atomic mass is 16.4. The molecule has 2 amide bonds. The average molecular weight is 476 g/mol. The Bertz CT molecular complexity index is 813. The van der Waals surface area contributed by atoms with Crippen molar-refractivity contribution in [2.75, 3.05) is 14.1 Å². The number of aliphatic carboxylic acids is 1. The molecular weight excluding hydrogens is 430 g/mol. The van der Waals surface area contributed by atoms with Crippen molar-refractivity contribution in [3.05, 3.63) is 47.5 Å². The summed E-state index contributed by atoms with van der Waals surface area (Å²) in [5, 5.41) is 15.3. The van der Waals surface area contributed by atoms with Crippen LogP contribution in [0.3, 0.4) is 0 Å². The van der Waals surface area contributed by atoms with Crippen molar-refractivity contribution in [2.45, 2.75) is 79.9 Å². The van der Waals surface area contributed by atoms with Gasteiger partial charge in [-0.2, -0.15) is 0 Å². The lowest BCUT2D eigenvalue weighted by atomic mass is 9.84. The summed E-state index contributed by atoms with van der Waals surface area (Å²) in [6.45, 7) is 15.1. The molecule has 0 saturated carbocycles. The van der Waals surface area contributed by atoms with Gasteiger partial charge in [-0.3, -0.25) is 9.59 Å². The number of likely N-dealkylation sites (N-methyl/N-ethyl adjacent to an activating group) is 2. The number of nitrogens with zero attached hydrogens (tertiary/aromatic N) is 1. The number of nitrogens with one attached hydrogen (secondary N) is 2. The molecule has 34 heavy (non-hydrogen) atoms. The molecule has 0 saturated heterocycles. The van der Waals surface area contributed by atoms with E-state index in [-0.39, 0.29) is 23.3 Å². The summed E-state index contributed by atoms with van der Waals surface area (Å²) in [4.78, 5) is 39.5. The zero-order chi connectivity index (χ0) is 26.6. The normalized spacial score (nSPS) is 14.4. The van der Waals surface area contributed by atoms with Crippen molar-refractivity contribution < 1.29 is 19.5 Å². The van der Waals surface area contributed by atoms with E-state index in [1.165, 1.54) is 6.92 Å². The SMILES string of the molecule is CC.CNC(Cc1ccccc1)C(=O)NC(C(=O)N(C)[C@H](/C=C(\C)C(=O)O)C(C)C)C(C)(C)C. The Morgan fingerprint density at radius 2 is 1.62 bits per heavy atom. The van der Waals surface area contributed by atoms with Crippen LogP contribution in [0.25, 0.3) is 0 Å². The van der Waals surface area contributed by atoms with Gasteiger partial charge in [-0.15, -0.1) is 0 Å². The van der Waals surface area contributed by atoms with Gasteiger partial charge in [-0.05, 0) is 37.3 Å². The summed E-state index contributed by atoms with van der Waals surface area (Å²) < 4.78 is 0. The summed E-state index contributed by atoms with van der Waals surface area (Å²) in [7, 11) is 3.38. The number of hydrogen-bond acceptors (Lipinski definition) is 4. The Hall–Kier alpha value is -2.67. The molecule has 7 heteroatoms. The third-order valence-electron chi connectivity index (χ3n) is 5.58. The van der Waals surface area contributed by atoms with E-state index in [9.17, 15) is 19.5 Å². The van der Waals surface area contributed by atoms with Crippen LogP contribution in [0.15, 0.2) is 42.0 Å². The molecule has 0 aliphatic heterocycles. The molecular formula is C27H45N3O4. The van der Waals surface area contributed by atoms with Gasteiger partial charge in [0.1, 0.15) is 6.04 Å². The third kappa shape index (κ3) is 9.67. The molecule has 1 aromatic carbocycles. The fourth-order valence-electron chi connectivity index (χ4n) is 3.50. The van der Waals surface area contributed by atoms with Gasteiger partial charge in [0.15, 0.2) is 0 Å². The van der Waals surface area contributed by atoms with Gasteiger partial charge in [-0.1, -0.05) is 84.9 Å². The summed E-state index contributed by atoms with van der Waals surface area (Å²) in [6.07, 6.45) is 2.09. The van der Waals surface area contributed by atoms with Crippen molar-refractivity contribution in [1.29, 1.82) is 0 Å². The molecule has 0 heterocycles. The topological polar surface area (TPSA) is 98.7 Å². The molecule has 0 spiro atoms. The second-order valence-corrected chi connectivity index (χ2v) is 9.68. The van der Waals surface area contributed by atoms with Crippen molar-refractivity contribution in [1.82, 2.24) is 15.5 Å². The quantitative estimate of drug-likeness (QED) is 0.446. The molecule has 2 unspecified atom stereocenters. The molecule has 1 rings (SSSR count). The smallest absolute Gasteiger partial charge is 0.331 e. The third-order valence-corrected chi connectivity index (χ3v) is 5.58. The molecule has 0 fully saturated rings. The summed E-state index contributed by atoms with van der Waals surface area (Å²) in [6, 6.07) is 8.02. The molecule has 3 atom stereocenters. The fraction of sp³-hybridized carbons (Fsp3) is 0.593. The first-order valence-electron chi connectivity index (χ1n) is 12.0. The molecule has 7 nitrogen and oxygen atoms in total. The first kappa shape index (κ1) is 31.3. The molecule has 0 bridgehead atoms. The maximum Gasteiger partial charge on any atom is 0.331 e. The number of amides is 2. The Balaban J connectivity index is 0.00000529. The summed E-state index contributed by atoms with van der Waals surface area (Å²) >= 11 is 0. The van der Waals surface area contributed by atoms with Crippen LogP contribution in [0.2, 0.25) is 0 Å². The van der Waals surface area contributed by atoms with E-state index in [2.05, 4.69) is 10.6 Å². The maximum absolute atomic E-state index is 13.5. The Morgan fingerprint density at radius 3 is 2.03 bits per heavy atom. The second-order valence-electron chi connectivity index (χ2n) is 9.68. The van der Waals surface area contributed by atoms with Crippen LogP contribution in [0.5, 0.6) is 0 Å². The minimum atomic E-state index is -1.02. The number of carboxylic acids is 1. The molecule has 0 aliphatic carbocycles. The average Bonchev–Trinajstić information content (AvgIpc) is 2.79. The Kier molecular flexibility index (Phi) is 13.4. The lowest BCUT2D eigenvalue weighted by Gasteiger charge is -2.38. The first-order chi connectivity index (χ1) is 15.8. The Morgan fingerprint density at radius 1 is 1.09 bits per heavy atom. The van der Waals surface area contributed by atoms with Gasteiger partial charge in [-0.25, -0.2) is 4.79 Å². The monoisotopic (exact) mass is 475 g/mol. The number of carbonyl (C=O) groups excluding carboxylic acids is 2. The van der Waals surface area contributed by atoms with Gasteiger partial charge in [0.05, 0.1) is 12.1 Å². The standard InChI is InChI=1S/C25H39N3O4.C2H6/c1-16(2)20(14-17(3)24(31)32)28(8)23(30)21(25(4,5)6)27-22(29)19(26-7)15-18-12-10-9-11-13-18;1-2/h9-14,16,19-21,26H,15H2,1-8H3,(H,27,29)(H,31,32);1-2H3/b17-14+;/t19?,20-,21?;/m1./s1. The van der Waals surface area contributed by atoms with E-state index in [1.54, 1.807) is 25.1 Å². The highest BCUT2D eigenvalue weighted by Crippen LogP contribution is 2.24. The van der Waals surface area contributed by atoms with Gasteiger partial charge in [0.2, 0.25) is 11.8 Å². The van der Waals surface area contributed by atoms with Gasteiger partial charge in [0, 0.05) is 12.6 Å². The summed E-state index contributed by atoms with van der Waals surface area (Å²) in [5.74, 6) is -1.53. The largest absolute Gasteiger partial charge is 0.478 e. The molecule has 1 aromatic rings. The number of carbonyl (C=O) groups is 3. The minimum Gasteiger partial charge on any atom is -0.478 e. The van der Waals surface area contributed by atoms with E-state index >= 15 is 0 Å². The van der Waals surface area contributed by atoms with E-state index in [0.717, 1.165) is 5.56 Å². The Labute approximate surface area is 206 Å². The van der Waals surface area contributed by atoms with Crippen molar-refractivity contribution in [2.24, 2.45) is 11.3 Å². The van der Waals surface area contributed by atoms with Crippen LogP contribution in [0.1, 0.15) is 61.0 Å². The van der Waals surface area contributed by atoms with E-state index < -0.39 is 29.5 Å². The van der Waals surface area contributed by atoms with Crippen molar-refractivity contribution in [3.63, 3.8) is 0 Å². The number of carboxylic acid groups (broad SMARTS) is 1. The highest BCUT2D eigenvalue weighted by Gasteiger charge is 2.38. The molecule has 0 radical (unpaired) electrons. The van der Waals surface area contributed by atoms with E-state index in [0.29, 0.717) is 6.42 Å². The molecule has 3 N–H and O–H groups in total. The summed E-state index contributed by atoms with van der Waals surface area (Å²) in [5.41, 5.74) is 0.656. The zero-order valence-corrected chi connectivity index (χ0v) is 22.6. The zero-order valence-electron chi connectivity index (χ0n) is 22.6. The lowest BCUT2D eigenvalue weighted by molar-refractivity contribution is -0.140. The van der Waals surface area contributed by atoms with Crippen LogP contribution in [0.4, 0.5) is 0 Å². The van der Waals surface area contributed by atoms with E-state index in [1.807, 2.05) is 78.8 Å². The first-order valence-corrected chi connectivity index (χ1v) is 12.0. The second kappa shape index (κ2) is 14.6. The van der Waals surface area contributed by atoms with Crippen molar-refractivity contribution in [3.8, 4) is 0 Å². The lowest BCUT2D eigenvalue weighted by Crippen LogP contribution is -2.59. The fourth-order valence-corrected chi connectivity index (χ4v) is 3.50. The van der Waals surface area contributed by atoms with Crippen LogP contribution in [-0.2, 0) is 20.8 Å². The number of rotatable bonds is 10. The van der Waals surface area contributed by atoms with Crippen LogP contribution in [-0.4, -0.2) is 60.0 Å². The molecule has 0 aromatic heterocycles. The highest BCUT2D eigenvalue weighted by molar-refractivity contribution is 5.91. The molecule has 192 valence electrons. The number of benzene rings is 1. The molecule has 0 aliphatic rings. The van der Waals surface area contributed by atoms with Crippen LogP contribution in [0, 0.1) is 11.3 Å². The predicted molar refractivity (Wildman–Crippen MR) is 139 cm³/mol. The van der Waals surface area contributed by atoms with Crippen LogP contribution >= 0.6 is 0 Å². The van der Waals surface area contributed by atoms with E-state index in [4.69, 9.17) is 0 Å². The van der Waals surface area contributed by atoms with Gasteiger partial charge < -0.3 is 20.6 Å². The van der Waals surface area contributed by atoms with Crippen LogP contribution < -0.4 is 10.6 Å². The number of hydrogen-bond donors (Lipinski definition) is 3. The van der Waals surface area contributed by atoms with Gasteiger partial charge >= 0.3 is 5.97 Å². The van der Waals surface area contributed by atoms with Gasteiger partial charge in [0.25, 0.3) is 0 Å². The predicted octanol–water partition coefficient (Wildman–Crippen LogP) is 3.89. The minimum absolute atomic E-state index is 0.00212. The maximum atomic E-state index is 13.5. The van der Waals surface area contributed by atoms with Crippen molar-refractivity contribution >= 4 is 17.8 Å².